The fourth-order valence-corrected chi connectivity index (χ4v) is 5.49. The summed E-state index contributed by atoms with van der Waals surface area (Å²) in [4.78, 5) is 35.5. The van der Waals surface area contributed by atoms with Gasteiger partial charge in [-0.3, -0.25) is 4.79 Å². The standard InChI is InChI=1S/C27H39BN4O5S/c1-16(2)22(31-25(34)35-7)24(33)32-15-19(38-8)13-21(32)23-29-14-20(30-23)17-9-11-18(12-10-17)28-36-26(3,4)27(5,6)37-28/h9-12,14,16,19,21-22H,13,15H2,1-8H3,(H,29,30)(H,31,34)/t19-,21-,22-/m0/s1. The molecule has 9 nitrogen and oxygen atoms in total. The van der Waals surface area contributed by atoms with E-state index in [1.54, 1.807) is 18.0 Å². The summed E-state index contributed by atoms with van der Waals surface area (Å²) in [5.41, 5.74) is 2.02. The van der Waals surface area contributed by atoms with Crippen molar-refractivity contribution >= 4 is 36.3 Å². The minimum Gasteiger partial charge on any atom is -0.453 e. The molecular weight excluding hydrogens is 503 g/mol. The zero-order valence-electron chi connectivity index (χ0n) is 23.5. The molecule has 2 aliphatic heterocycles. The number of aromatic amines is 1. The Labute approximate surface area is 229 Å². The number of carbonyl (C=O) groups is 2. The molecule has 4 rings (SSSR count). The second-order valence-electron chi connectivity index (χ2n) is 11.3. The number of ether oxygens (including phenoxy) is 1. The summed E-state index contributed by atoms with van der Waals surface area (Å²) in [6.07, 6.45) is 4.03. The van der Waals surface area contributed by atoms with E-state index < -0.39 is 30.5 Å². The lowest BCUT2D eigenvalue weighted by atomic mass is 9.79. The van der Waals surface area contributed by atoms with Gasteiger partial charge in [-0.05, 0) is 57.3 Å². The molecule has 0 bridgehead atoms. The van der Waals surface area contributed by atoms with E-state index in [2.05, 4.69) is 21.5 Å². The van der Waals surface area contributed by atoms with Gasteiger partial charge in [0.05, 0.1) is 36.2 Å². The van der Waals surface area contributed by atoms with Gasteiger partial charge in [0.2, 0.25) is 5.91 Å². The number of rotatable bonds is 7. The van der Waals surface area contributed by atoms with Gasteiger partial charge in [0.15, 0.2) is 0 Å². The number of nitrogens with zero attached hydrogens (tertiary/aromatic N) is 2. The van der Waals surface area contributed by atoms with Crippen LogP contribution in [0.4, 0.5) is 4.79 Å². The molecule has 206 valence electrons. The third-order valence-corrected chi connectivity index (χ3v) is 8.94. The van der Waals surface area contributed by atoms with E-state index in [-0.39, 0.29) is 23.1 Å². The highest BCUT2D eigenvalue weighted by Gasteiger charge is 2.51. The second-order valence-corrected chi connectivity index (χ2v) is 12.5. The third-order valence-electron chi connectivity index (χ3n) is 7.93. The van der Waals surface area contributed by atoms with Gasteiger partial charge in [0, 0.05) is 11.8 Å². The van der Waals surface area contributed by atoms with Crippen LogP contribution in [-0.2, 0) is 18.8 Å². The Morgan fingerprint density at radius 3 is 2.37 bits per heavy atom. The average Bonchev–Trinajstić information content (AvgIpc) is 3.57. The van der Waals surface area contributed by atoms with E-state index in [0.29, 0.717) is 6.54 Å². The van der Waals surface area contributed by atoms with Crippen LogP contribution in [0.15, 0.2) is 30.5 Å². The molecule has 2 amide bonds. The van der Waals surface area contributed by atoms with Crippen molar-refractivity contribution in [1.29, 1.82) is 0 Å². The molecule has 11 heteroatoms. The number of hydrogen-bond acceptors (Lipinski definition) is 7. The number of nitrogens with one attached hydrogen (secondary N) is 2. The molecule has 2 aliphatic rings. The first-order valence-corrected chi connectivity index (χ1v) is 14.3. The van der Waals surface area contributed by atoms with Gasteiger partial charge in [0.25, 0.3) is 0 Å². The summed E-state index contributed by atoms with van der Waals surface area (Å²) in [7, 11) is 0.881. The first kappa shape index (κ1) is 28.5. The quantitative estimate of drug-likeness (QED) is 0.514. The monoisotopic (exact) mass is 542 g/mol. The van der Waals surface area contributed by atoms with E-state index >= 15 is 0 Å². The second kappa shape index (κ2) is 10.9. The average molecular weight is 543 g/mol. The normalized spacial score (nSPS) is 23.1. The van der Waals surface area contributed by atoms with Crippen LogP contribution in [0.1, 0.15) is 59.8 Å². The summed E-state index contributed by atoms with van der Waals surface area (Å²) >= 11 is 1.74. The SMILES string of the molecule is COC(=O)N[C@H](C(=O)N1C[C@@H](SC)C[C@H]1c1ncc(-c2ccc(B3OC(C)(C)C(C)(C)O3)cc2)[nH]1)C(C)C. The van der Waals surface area contributed by atoms with Crippen molar-refractivity contribution in [3.63, 3.8) is 0 Å². The van der Waals surface area contributed by atoms with Gasteiger partial charge in [-0.25, -0.2) is 9.78 Å². The van der Waals surface area contributed by atoms with Crippen LogP contribution in [0.3, 0.4) is 0 Å². The molecule has 1 aromatic carbocycles. The Kier molecular flexibility index (Phi) is 8.21. The minimum absolute atomic E-state index is 0.0924. The van der Waals surface area contributed by atoms with E-state index in [4.69, 9.17) is 14.0 Å². The Morgan fingerprint density at radius 1 is 1.18 bits per heavy atom. The number of hydrogen-bond donors (Lipinski definition) is 2. The number of benzene rings is 1. The largest absolute Gasteiger partial charge is 0.494 e. The molecular formula is C27H39BN4O5S. The molecule has 38 heavy (non-hydrogen) atoms. The fraction of sp³-hybridized carbons (Fsp3) is 0.593. The number of H-pyrrole nitrogens is 1. The number of alkyl carbamates (subject to hydrolysis) is 1. The van der Waals surface area contributed by atoms with Crippen LogP contribution in [-0.4, -0.2) is 76.4 Å². The van der Waals surface area contributed by atoms with Crippen molar-refractivity contribution in [2.75, 3.05) is 19.9 Å². The van der Waals surface area contributed by atoms with Crippen LogP contribution in [0.2, 0.25) is 0 Å². The van der Waals surface area contributed by atoms with Crippen molar-refractivity contribution in [2.24, 2.45) is 5.92 Å². The number of carbonyl (C=O) groups excluding carboxylic acids is 2. The molecule has 1 aromatic heterocycles. The topological polar surface area (TPSA) is 106 Å². The molecule has 3 heterocycles. The maximum Gasteiger partial charge on any atom is 0.494 e. The third kappa shape index (κ3) is 5.60. The molecule has 0 radical (unpaired) electrons. The van der Waals surface area contributed by atoms with Crippen LogP contribution >= 0.6 is 11.8 Å². The molecule has 3 atom stereocenters. The Morgan fingerprint density at radius 2 is 1.82 bits per heavy atom. The van der Waals surface area contributed by atoms with Gasteiger partial charge < -0.3 is 29.2 Å². The summed E-state index contributed by atoms with van der Waals surface area (Å²) in [6, 6.07) is 7.18. The number of methoxy groups -OCH3 is 1. The summed E-state index contributed by atoms with van der Waals surface area (Å²) in [6.45, 7) is 12.6. The van der Waals surface area contributed by atoms with Crippen molar-refractivity contribution in [3.05, 3.63) is 36.3 Å². The lowest BCUT2D eigenvalue weighted by Gasteiger charge is -2.32. The Balaban J connectivity index is 1.53. The zero-order valence-corrected chi connectivity index (χ0v) is 24.3. The number of thioether (sulfide) groups is 1. The molecule has 0 aliphatic carbocycles. The summed E-state index contributed by atoms with van der Waals surface area (Å²) < 4.78 is 17.1. The van der Waals surface area contributed by atoms with E-state index in [1.165, 1.54) is 7.11 Å². The maximum absolute atomic E-state index is 13.6. The fourth-order valence-electron chi connectivity index (χ4n) is 4.80. The highest BCUT2D eigenvalue weighted by molar-refractivity contribution is 7.99. The van der Waals surface area contributed by atoms with Gasteiger partial charge in [-0.15, -0.1) is 0 Å². The number of amides is 2. The van der Waals surface area contributed by atoms with E-state index in [9.17, 15) is 9.59 Å². The lowest BCUT2D eigenvalue weighted by molar-refractivity contribution is -0.135. The number of likely N-dealkylation sites (tertiary alicyclic amines) is 1. The molecule has 0 spiro atoms. The Bertz CT molecular complexity index is 1140. The van der Waals surface area contributed by atoms with Crippen molar-refractivity contribution < 1.29 is 23.6 Å². The van der Waals surface area contributed by atoms with Crippen molar-refractivity contribution in [1.82, 2.24) is 20.2 Å². The highest BCUT2D eigenvalue weighted by atomic mass is 32.2. The van der Waals surface area contributed by atoms with Crippen LogP contribution in [0.5, 0.6) is 0 Å². The maximum atomic E-state index is 13.6. The first-order valence-electron chi connectivity index (χ1n) is 13.1. The lowest BCUT2D eigenvalue weighted by Crippen LogP contribution is -2.51. The predicted molar refractivity (Wildman–Crippen MR) is 150 cm³/mol. The smallest absolute Gasteiger partial charge is 0.453 e. The van der Waals surface area contributed by atoms with E-state index in [1.807, 2.05) is 70.7 Å². The zero-order chi connectivity index (χ0) is 27.8. The summed E-state index contributed by atoms with van der Waals surface area (Å²) in [5, 5.41) is 2.99. The van der Waals surface area contributed by atoms with E-state index in [0.717, 1.165) is 29.0 Å². The molecule has 2 N–H and O–H groups in total. The van der Waals surface area contributed by atoms with Crippen LogP contribution in [0, 0.1) is 5.92 Å². The molecule has 2 saturated heterocycles. The molecule has 2 fully saturated rings. The van der Waals surface area contributed by atoms with Crippen LogP contribution < -0.4 is 10.8 Å². The summed E-state index contributed by atoms with van der Waals surface area (Å²) in [5.74, 6) is 0.516. The van der Waals surface area contributed by atoms with Gasteiger partial charge in [-0.1, -0.05) is 38.1 Å². The molecule has 0 unspecified atom stereocenters. The van der Waals surface area contributed by atoms with Gasteiger partial charge in [0.1, 0.15) is 11.9 Å². The molecule has 2 aromatic rings. The van der Waals surface area contributed by atoms with Crippen LogP contribution in [0.25, 0.3) is 11.3 Å². The van der Waals surface area contributed by atoms with Gasteiger partial charge in [-0.2, -0.15) is 11.8 Å². The predicted octanol–water partition coefficient (Wildman–Crippen LogP) is 3.76. The number of imidazole rings is 1. The minimum atomic E-state index is -0.678. The van der Waals surface area contributed by atoms with Crippen molar-refractivity contribution in [3.8, 4) is 11.3 Å². The first-order chi connectivity index (χ1) is 17.9. The Hall–Kier alpha value is -2.50. The van der Waals surface area contributed by atoms with Crippen molar-refractivity contribution in [2.45, 2.75) is 76.5 Å². The number of aromatic nitrogens is 2. The molecule has 0 saturated carbocycles. The van der Waals surface area contributed by atoms with Gasteiger partial charge >= 0.3 is 13.2 Å². The highest BCUT2D eigenvalue weighted by Crippen LogP contribution is 2.38.